The number of hydrogen-bond acceptors (Lipinski definition) is 4. The Labute approximate surface area is 99.4 Å². The van der Waals surface area contributed by atoms with Crippen molar-refractivity contribution in [1.29, 1.82) is 0 Å². The zero-order chi connectivity index (χ0) is 12.8. The fourth-order valence-electron chi connectivity index (χ4n) is 1.59. The summed E-state index contributed by atoms with van der Waals surface area (Å²) in [5.41, 5.74) is 1.14. The van der Waals surface area contributed by atoms with Gasteiger partial charge in [-0.15, -0.1) is 0 Å². The summed E-state index contributed by atoms with van der Waals surface area (Å²) in [5, 5.41) is 13.5. The summed E-state index contributed by atoms with van der Waals surface area (Å²) < 4.78 is 4.69. The van der Waals surface area contributed by atoms with E-state index in [0.29, 0.717) is 17.7 Å². The number of methoxy groups -OCH3 is 1. The third-order valence-electron chi connectivity index (χ3n) is 2.30. The Balaban J connectivity index is 3.03. The van der Waals surface area contributed by atoms with E-state index in [2.05, 4.69) is 10.1 Å². The maximum Gasteiger partial charge on any atom is 0.250 e. The smallest absolute Gasteiger partial charge is 0.250 e. The van der Waals surface area contributed by atoms with Crippen LogP contribution in [0.25, 0.3) is 0 Å². The number of carbonyl (C=O) groups is 2. The lowest BCUT2D eigenvalue weighted by atomic mass is 10.0. The largest absolute Gasteiger partial charge is 0.545 e. The van der Waals surface area contributed by atoms with Crippen molar-refractivity contribution in [2.45, 2.75) is 13.3 Å². The van der Waals surface area contributed by atoms with Crippen molar-refractivity contribution in [3.8, 4) is 0 Å². The Morgan fingerprint density at radius 1 is 1.41 bits per heavy atom. The van der Waals surface area contributed by atoms with Crippen LogP contribution in [0.1, 0.15) is 22.8 Å². The van der Waals surface area contributed by atoms with Gasteiger partial charge in [-0.2, -0.15) is 0 Å². The first-order chi connectivity index (χ1) is 8.10. The second-order valence-corrected chi connectivity index (χ2v) is 3.45. The van der Waals surface area contributed by atoms with Crippen LogP contribution in [-0.2, 0) is 16.0 Å². The minimum Gasteiger partial charge on any atom is -0.545 e. The second-order valence-electron chi connectivity index (χ2n) is 3.45. The van der Waals surface area contributed by atoms with Gasteiger partial charge in [0, 0.05) is 18.4 Å². The van der Waals surface area contributed by atoms with Gasteiger partial charge in [-0.3, -0.25) is 4.79 Å². The summed E-state index contributed by atoms with van der Waals surface area (Å²) in [4.78, 5) is 22.3. The van der Waals surface area contributed by atoms with Crippen LogP contribution >= 0.6 is 0 Å². The molecule has 0 fully saturated rings. The molecule has 1 amide bonds. The Morgan fingerprint density at radius 2 is 2.12 bits per heavy atom. The average Bonchev–Trinajstić information content (AvgIpc) is 2.28. The number of benzene rings is 1. The molecule has 5 nitrogen and oxygen atoms in total. The minimum atomic E-state index is -1.25. The molecule has 0 atom stereocenters. The first-order valence-corrected chi connectivity index (χ1v) is 5.22. The Bertz CT molecular complexity index is 429. The lowest BCUT2D eigenvalue weighted by Crippen LogP contribution is -2.25. The predicted molar refractivity (Wildman–Crippen MR) is 60.7 cm³/mol. The van der Waals surface area contributed by atoms with Crippen LogP contribution in [0.5, 0.6) is 0 Å². The summed E-state index contributed by atoms with van der Waals surface area (Å²) in [6.45, 7) is 1.74. The minimum absolute atomic E-state index is 0.0707. The van der Waals surface area contributed by atoms with E-state index in [9.17, 15) is 14.7 Å². The molecule has 92 valence electrons. The van der Waals surface area contributed by atoms with E-state index >= 15 is 0 Å². The summed E-state index contributed by atoms with van der Waals surface area (Å²) in [6.07, 6.45) is 0.493. The summed E-state index contributed by atoms with van der Waals surface area (Å²) in [6, 6.07) is 4.67. The number of amides is 1. The highest BCUT2D eigenvalue weighted by molar-refractivity contribution is 5.96. The molecule has 1 aromatic carbocycles. The number of carboxylic acids is 1. The molecule has 0 bridgehead atoms. The van der Waals surface area contributed by atoms with Crippen molar-refractivity contribution >= 4 is 17.6 Å². The predicted octanol–water partition coefficient (Wildman–Crippen LogP) is 0.197. The van der Waals surface area contributed by atoms with Gasteiger partial charge < -0.3 is 20.0 Å². The highest BCUT2D eigenvalue weighted by Crippen LogP contribution is 2.20. The highest BCUT2D eigenvalue weighted by Gasteiger charge is 2.09. The summed E-state index contributed by atoms with van der Waals surface area (Å²) in [7, 11) is 1.41. The second kappa shape index (κ2) is 6.00. The van der Waals surface area contributed by atoms with Gasteiger partial charge in [0.15, 0.2) is 0 Å². The van der Waals surface area contributed by atoms with Crippen LogP contribution in [0.2, 0.25) is 0 Å². The number of anilines is 1. The van der Waals surface area contributed by atoms with Gasteiger partial charge in [0.1, 0.15) is 6.61 Å². The zero-order valence-electron chi connectivity index (χ0n) is 9.78. The topological polar surface area (TPSA) is 78.5 Å². The normalized spacial score (nSPS) is 10.0. The summed E-state index contributed by atoms with van der Waals surface area (Å²) in [5.74, 6) is -1.57. The van der Waals surface area contributed by atoms with Gasteiger partial charge in [0.2, 0.25) is 5.91 Å². The maximum atomic E-state index is 11.4. The van der Waals surface area contributed by atoms with Crippen LogP contribution in [0.4, 0.5) is 5.69 Å². The SMILES string of the molecule is CCc1c(NC(=O)COC)cccc1C(=O)[O-]. The Hall–Kier alpha value is -1.88. The molecule has 0 saturated heterocycles. The zero-order valence-corrected chi connectivity index (χ0v) is 9.78. The molecular weight excluding hydrogens is 222 g/mol. The quantitative estimate of drug-likeness (QED) is 0.792. The van der Waals surface area contributed by atoms with E-state index in [0.717, 1.165) is 0 Å². The molecule has 1 N–H and O–H groups in total. The Morgan fingerprint density at radius 3 is 2.65 bits per heavy atom. The third-order valence-corrected chi connectivity index (χ3v) is 2.30. The van der Waals surface area contributed by atoms with Gasteiger partial charge in [-0.05, 0) is 18.1 Å². The van der Waals surface area contributed by atoms with Crippen LogP contribution in [0, 0.1) is 0 Å². The standard InChI is InChI=1S/C12H15NO4/c1-3-8-9(12(15)16)5-4-6-10(8)13-11(14)7-17-2/h4-6H,3,7H2,1-2H3,(H,13,14)(H,15,16)/p-1. The number of carboxylic acid groups (broad SMARTS) is 1. The number of rotatable bonds is 5. The van der Waals surface area contributed by atoms with Crippen LogP contribution < -0.4 is 10.4 Å². The third kappa shape index (κ3) is 3.29. The summed E-state index contributed by atoms with van der Waals surface area (Å²) >= 11 is 0. The molecule has 0 aromatic heterocycles. The number of ether oxygens (including phenoxy) is 1. The van der Waals surface area contributed by atoms with E-state index < -0.39 is 5.97 Å². The maximum absolute atomic E-state index is 11.4. The molecule has 5 heteroatoms. The molecule has 0 heterocycles. The molecule has 0 aliphatic heterocycles. The number of nitrogens with one attached hydrogen (secondary N) is 1. The van der Waals surface area contributed by atoms with Crippen LogP contribution in [0.15, 0.2) is 18.2 Å². The van der Waals surface area contributed by atoms with Gasteiger partial charge in [0.05, 0.1) is 5.97 Å². The van der Waals surface area contributed by atoms with Crippen molar-refractivity contribution in [3.05, 3.63) is 29.3 Å². The molecule has 0 radical (unpaired) electrons. The molecule has 0 saturated carbocycles. The first-order valence-electron chi connectivity index (χ1n) is 5.22. The molecule has 1 rings (SSSR count). The van der Waals surface area contributed by atoms with Gasteiger partial charge in [-0.25, -0.2) is 0 Å². The molecule has 17 heavy (non-hydrogen) atoms. The molecule has 0 spiro atoms. The van der Waals surface area contributed by atoms with Crippen molar-refractivity contribution < 1.29 is 19.4 Å². The highest BCUT2D eigenvalue weighted by atomic mass is 16.5. The van der Waals surface area contributed by atoms with Crippen LogP contribution in [-0.4, -0.2) is 25.6 Å². The molecule has 1 aromatic rings. The molecule has 0 unspecified atom stereocenters. The van der Waals surface area contributed by atoms with Crippen molar-refractivity contribution in [2.75, 3.05) is 19.0 Å². The van der Waals surface area contributed by atoms with Crippen molar-refractivity contribution in [3.63, 3.8) is 0 Å². The van der Waals surface area contributed by atoms with Crippen LogP contribution in [0.3, 0.4) is 0 Å². The van der Waals surface area contributed by atoms with E-state index in [-0.39, 0.29) is 18.1 Å². The number of carbonyl (C=O) groups excluding carboxylic acids is 2. The van der Waals surface area contributed by atoms with E-state index in [1.54, 1.807) is 12.1 Å². The lowest BCUT2D eigenvalue weighted by Gasteiger charge is -2.14. The Kier molecular flexibility index (Phi) is 4.66. The fourth-order valence-corrected chi connectivity index (χ4v) is 1.59. The first kappa shape index (κ1) is 13.2. The van der Waals surface area contributed by atoms with E-state index in [1.807, 2.05) is 6.92 Å². The van der Waals surface area contributed by atoms with Gasteiger partial charge >= 0.3 is 0 Å². The van der Waals surface area contributed by atoms with Crippen molar-refractivity contribution in [1.82, 2.24) is 0 Å². The van der Waals surface area contributed by atoms with Crippen molar-refractivity contribution in [2.24, 2.45) is 0 Å². The molecule has 0 aliphatic carbocycles. The van der Waals surface area contributed by atoms with E-state index in [1.165, 1.54) is 13.2 Å². The lowest BCUT2D eigenvalue weighted by molar-refractivity contribution is -0.255. The fraction of sp³-hybridized carbons (Fsp3) is 0.333. The molecular formula is C12H14NO4-. The molecule has 0 aliphatic rings. The number of aromatic carboxylic acids is 1. The number of hydrogen-bond donors (Lipinski definition) is 1. The van der Waals surface area contributed by atoms with E-state index in [4.69, 9.17) is 0 Å². The average molecular weight is 236 g/mol. The van der Waals surface area contributed by atoms with Gasteiger partial charge in [0.25, 0.3) is 0 Å². The monoisotopic (exact) mass is 236 g/mol. The van der Waals surface area contributed by atoms with Gasteiger partial charge in [-0.1, -0.05) is 19.1 Å².